The van der Waals surface area contributed by atoms with E-state index < -0.39 is 9.84 Å². The smallest absolute Gasteiger partial charge is 0.233 e. The number of hydrogen-bond donors (Lipinski definition) is 0. The molecule has 0 unspecified atom stereocenters. The maximum absolute atomic E-state index is 13.2. The van der Waals surface area contributed by atoms with Gasteiger partial charge in [0.25, 0.3) is 0 Å². The van der Waals surface area contributed by atoms with E-state index >= 15 is 0 Å². The first-order chi connectivity index (χ1) is 14.7. The first-order valence-electron chi connectivity index (χ1n) is 9.95. The molecule has 3 aromatic rings. The third kappa shape index (κ3) is 6.45. The lowest BCUT2D eigenvalue weighted by atomic mass is 10.1. The summed E-state index contributed by atoms with van der Waals surface area (Å²) in [6.45, 7) is 2.87. The summed E-state index contributed by atoms with van der Waals surface area (Å²) in [5.74, 6) is -0.00324. The van der Waals surface area contributed by atoms with Crippen molar-refractivity contribution in [3.63, 3.8) is 0 Å². The molecule has 174 valence electrons. The third-order valence-corrected chi connectivity index (χ3v) is 8.42. The summed E-state index contributed by atoms with van der Waals surface area (Å²) in [6, 6.07) is 12.7. The minimum atomic E-state index is -3.25. The maximum Gasteiger partial charge on any atom is 0.233 e. The molecule has 2 aromatic carbocycles. The second-order valence-electron chi connectivity index (χ2n) is 7.40. The number of aromatic nitrogens is 1. The Bertz CT molecular complexity index is 1160. The molecule has 10 heteroatoms. The zero-order valence-corrected chi connectivity index (χ0v) is 21.8. The molecule has 0 aliphatic rings. The number of nitrogens with zero attached hydrogens (tertiary/aromatic N) is 3. The molecule has 0 saturated heterocycles. The van der Waals surface area contributed by atoms with E-state index in [0.29, 0.717) is 18.2 Å². The van der Waals surface area contributed by atoms with Gasteiger partial charge < -0.3 is 4.90 Å². The van der Waals surface area contributed by atoms with E-state index in [9.17, 15) is 13.2 Å². The van der Waals surface area contributed by atoms with Crippen LogP contribution in [0.2, 0.25) is 0 Å². The molecule has 1 heterocycles. The highest BCUT2D eigenvalue weighted by Crippen LogP contribution is 2.32. The molecule has 0 bridgehead atoms. The first-order valence-corrected chi connectivity index (χ1v) is 13.6. The van der Waals surface area contributed by atoms with E-state index in [1.165, 1.54) is 11.3 Å². The van der Waals surface area contributed by atoms with Gasteiger partial charge >= 0.3 is 0 Å². The predicted molar refractivity (Wildman–Crippen MR) is 137 cm³/mol. The van der Waals surface area contributed by atoms with Crippen LogP contribution in [0.5, 0.6) is 0 Å². The highest BCUT2D eigenvalue weighted by atomic mass is 35.5. The molecule has 3 rings (SSSR count). The Labute approximate surface area is 204 Å². The van der Waals surface area contributed by atoms with Crippen LogP contribution in [-0.4, -0.2) is 63.4 Å². The average Bonchev–Trinajstić information content (AvgIpc) is 3.16. The number of amides is 1. The third-order valence-electron chi connectivity index (χ3n) is 4.90. The number of likely N-dealkylation sites (N-methyl/N-ethyl adjacent to an activating group) is 1. The molecule has 6 nitrogen and oxygen atoms in total. The van der Waals surface area contributed by atoms with Crippen molar-refractivity contribution in [1.82, 2.24) is 9.88 Å². The van der Waals surface area contributed by atoms with Crippen LogP contribution in [0.3, 0.4) is 0 Å². The summed E-state index contributed by atoms with van der Waals surface area (Å²) in [5, 5.41) is 0.685. The van der Waals surface area contributed by atoms with Crippen LogP contribution in [0.1, 0.15) is 12.5 Å². The molecule has 0 fully saturated rings. The number of fused-ring (bicyclic) bond motifs is 1. The van der Waals surface area contributed by atoms with Crippen LogP contribution in [0.25, 0.3) is 10.2 Å². The number of carbonyl (C=O) groups excluding carboxylic acids is 1. The lowest BCUT2D eigenvalue weighted by molar-refractivity contribution is -0.118. The van der Waals surface area contributed by atoms with Crippen molar-refractivity contribution in [2.24, 2.45) is 0 Å². The molecule has 0 atom stereocenters. The molecular weight excluding hydrogens is 486 g/mol. The summed E-state index contributed by atoms with van der Waals surface area (Å²) < 4.78 is 25.1. The van der Waals surface area contributed by atoms with Gasteiger partial charge in [-0.05, 0) is 56.2 Å². The SMILES string of the molecule is CCS(=O)(=O)c1ccc(CC(=O)N(CCN(C)C)c2nc3ccc(SC)cc3s2)cc1.Cl. The van der Waals surface area contributed by atoms with Gasteiger partial charge in [0.15, 0.2) is 15.0 Å². The average molecular weight is 514 g/mol. The molecule has 1 amide bonds. The van der Waals surface area contributed by atoms with Crippen molar-refractivity contribution < 1.29 is 13.2 Å². The number of sulfone groups is 1. The van der Waals surface area contributed by atoms with Crippen LogP contribution in [0, 0.1) is 0 Å². The van der Waals surface area contributed by atoms with Crippen molar-refractivity contribution in [2.75, 3.05) is 44.1 Å². The number of rotatable bonds is 9. The van der Waals surface area contributed by atoms with Gasteiger partial charge in [-0.1, -0.05) is 30.4 Å². The summed E-state index contributed by atoms with van der Waals surface area (Å²) in [4.78, 5) is 23.1. The first kappa shape index (κ1) is 26.6. The zero-order chi connectivity index (χ0) is 22.6. The van der Waals surface area contributed by atoms with Gasteiger partial charge in [-0.2, -0.15) is 0 Å². The van der Waals surface area contributed by atoms with E-state index in [4.69, 9.17) is 4.98 Å². The van der Waals surface area contributed by atoms with Crippen LogP contribution >= 0.6 is 35.5 Å². The highest BCUT2D eigenvalue weighted by molar-refractivity contribution is 7.98. The maximum atomic E-state index is 13.2. The van der Waals surface area contributed by atoms with Crippen molar-refractivity contribution in [3.05, 3.63) is 48.0 Å². The molecule has 0 N–H and O–H groups in total. The number of halogens is 1. The van der Waals surface area contributed by atoms with Gasteiger partial charge in [0.2, 0.25) is 5.91 Å². The second kappa shape index (κ2) is 11.5. The van der Waals surface area contributed by atoms with Gasteiger partial charge in [0, 0.05) is 18.0 Å². The monoisotopic (exact) mass is 513 g/mol. The fraction of sp³-hybridized carbons (Fsp3) is 0.364. The second-order valence-corrected chi connectivity index (χ2v) is 11.6. The van der Waals surface area contributed by atoms with Crippen molar-refractivity contribution in [2.45, 2.75) is 23.1 Å². The molecule has 0 radical (unpaired) electrons. The highest BCUT2D eigenvalue weighted by Gasteiger charge is 2.21. The number of hydrogen-bond acceptors (Lipinski definition) is 7. The zero-order valence-electron chi connectivity index (χ0n) is 18.6. The quantitative estimate of drug-likeness (QED) is 0.396. The van der Waals surface area contributed by atoms with Crippen LogP contribution < -0.4 is 4.90 Å². The number of carbonyl (C=O) groups is 1. The summed E-state index contributed by atoms with van der Waals surface area (Å²) in [5.41, 5.74) is 1.66. The topological polar surface area (TPSA) is 70.6 Å². The van der Waals surface area contributed by atoms with Crippen LogP contribution in [-0.2, 0) is 21.1 Å². The van der Waals surface area contributed by atoms with Gasteiger partial charge in [0.1, 0.15) is 0 Å². The van der Waals surface area contributed by atoms with Crippen molar-refractivity contribution >= 4 is 66.6 Å². The number of anilines is 1. The fourth-order valence-electron chi connectivity index (χ4n) is 3.01. The standard InChI is InChI=1S/C22H27N3O3S3.ClH/c1-5-31(27,28)18-9-6-16(7-10-18)14-21(26)25(13-12-24(2)3)22-23-19-11-8-17(29-4)15-20(19)30-22;/h6-11,15H,5,12-14H2,1-4H3;1H. The van der Waals surface area contributed by atoms with E-state index in [-0.39, 0.29) is 35.4 Å². The molecule has 0 aliphatic carbocycles. The largest absolute Gasteiger partial charge is 0.308 e. The van der Waals surface area contributed by atoms with E-state index in [1.54, 1.807) is 47.9 Å². The molecule has 0 spiro atoms. The lowest BCUT2D eigenvalue weighted by Crippen LogP contribution is -2.37. The van der Waals surface area contributed by atoms with E-state index in [0.717, 1.165) is 20.7 Å². The van der Waals surface area contributed by atoms with Gasteiger partial charge in [-0.3, -0.25) is 9.69 Å². The molecule has 0 saturated carbocycles. The van der Waals surface area contributed by atoms with Crippen LogP contribution in [0.4, 0.5) is 5.13 Å². The van der Waals surface area contributed by atoms with Gasteiger partial charge in [-0.15, -0.1) is 24.2 Å². The minimum Gasteiger partial charge on any atom is -0.308 e. The Morgan fingerprint density at radius 1 is 1.09 bits per heavy atom. The Kier molecular flexibility index (Phi) is 9.53. The predicted octanol–water partition coefficient (Wildman–Crippen LogP) is 4.37. The van der Waals surface area contributed by atoms with Gasteiger partial charge in [0.05, 0.1) is 27.3 Å². The summed E-state index contributed by atoms with van der Waals surface area (Å²) >= 11 is 3.19. The Balaban J connectivity index is 0.00000363. The fourth-order valence-corrected chi connectivity index (χ4v) is 5.46. The number of thiazole rings is 1. The molecule has 0 aliphatic heterocycles. The molecule has 1 aromatic heterocycles. The number of thioether (sulfide) groups is 1. The number of benzene rings is 2. The van der Waals surface area contributed by atoms with E-state index in [2.05, 4.69) is 6.07 Å². The minimum absolute atomic E-state index is 0. The van der Waals surface area contributed by atoms with Gasteiger partial charge in [-0.25, -0.2) is 13.4 Å². The molecule has 32 heavy (non-hydrogen) atoms. The normalized spacial score (nSPS) is 11.5. The van der Waals surface area contributed by atoms with E-state index in [1.807, 2.05) is 37.4 Å². The van der Waals surface area contributed by atoms with Crippen molar-refractivity contribution in [1.29, 1.82) is 0 Å². The lowest BCUT2D eigenvalue weighted by Gasteiger charge is -2.22. The summed E-state index contributed by atoms with van der Waals surface area (Å²) in [6.07, 6.45) is 2.22. The Morgan fingerprint density at radius 3 is 2.38 bits per heavy atom. The van der Waals surface area contributed by atoms with Crippen LogP contribution in [0.15, 0.2) is 52.3 Å². The Morgan fingerprint density at radius 2 is 1.78 bits per heavy atom. The summed E-state index contributed by atoms with van der Waals surface area (Å²) in [7, 11) is 0.689. The molecular formula is C22H28ClN3O3S3. The Hall–Kier alpha value is -1.65. The van der Waals surface area contributed by atoms with Crippen molar-refractivity contribution in [3.8, 4) is 0 Å².